The van der Waals surface area contributed by atoms with E-state index in [-0.39, 0.29) is 0 Å². The third kappa shape index (κ3) is 3.06. The SMILES string of the molecule is COc1ccc(C)cc1C(=O)C(C)S(C)(=O)=O. The number of aryl methyl sites for hydroxylation is 1. The minimum absolute atomic E-state index is 0.311. The molecule has 0 aliphatic carbocycles. The second-order valence-corrected chi connectivity index (χ2v) is 6.41. The standard InChI is InChI=1S/C12H16O4S/c1-8-5-6-11(16-3)10(7-8)12(13)9(2)17(4,14)15/h5-7,9H,1-4H3. The molecule has 0 spiro atoms. The number of hydrogen-bond donors (Lipinski definition) is 0. The highest BCUT2D eigenvalue weighted by Crippen LogP contribution is 2.22. The van der Waals surface area contributed by atoms with Crippen molar-refractivity contribution in [2.45, 2.75) is 19.1 Å². The summed E-state index contributed by atoms with van der Waals surface area (Å²) in [6.45, 7) is 3.22. The predicted molar refractivity (Wildman–Crippen MR) is 66.4 cm³/mol. The first-order chi connectivity index (χ1) is 7.77. The number of sulfone groups is 1. The third-order valence-electron chi connectivity index (χ3n) is 2.63. The van der Waals surface area contributed by atoms with Gasteiger partial charge in [-0.3, -0.25) is 4.79 Å². The Morgan fingerprint density at radius 2 is 1.94 bits per heavy atom. The van der Waals surface area contributed by atoms with E-state index < -0.39 is 20.9 Å². The van der Waals surface area contributed by atoms with Crippen LogP contribution in [-0.2, 0) is 9.84 Å². The van der Waals surface area contributed by atoms with Crippen molar-refractivity contribution in [3.8, 4) is 5.75 Å². The van der Waals surface area contributed by atoms with Gasteiger partial charge in [-0.05, 0) is 26.0 Å². The van der Waals surface area contributed by atoms with Crippen LogP contribution >= 0.6 is 0 Å². The van der Waals surface area contributed by atoms with Gasteiger partial charge in [0.15, 0.2) is 15.6 Å². The van der Waals surface area contributed by atoms with Crippen molar-refractivity contribution in [2.24, 2.45) is 0 Å². The number of hydrogen-bond acceptors (Lipinski definition) is 4. The van der Waals surface area contributed by atoms with Crippen LogP contribution in [0.15, 0.2) is 18.2 Å². The van der Waals surface area contributed by atoms with E-state index in [0.29, 0.717) is 11.3 Å². The van der Waals surface area contributed by atoms with Crippen molar-refractivity contribution in [1.82, 2.24) is 0 Å². The van der Waals surface area contributed by atoms with Gasteiger partial charge in [-0.2, -0.15) is 0 Å². The molecular weight excluding hydrogens is 240 g/mol. The smallest absolute Gasteiger partial charge is 0.184 e. The molecule has 1 atom stereocenters. The molecule has 0 aromatic heterocycles. The zero-order valence-electron chi connectivity index (χ0n) is 10.4. The van der Waals surface area contributed by atoms with E-state index in [9.17, 15) is 13.2 Å². The van der Waals surface area contributed by atoms with E-state index in [0.717, 1.165) is 11.8 Å². The van der Waals surface area contributed by atoms with E-state index in [1.807, 2.05) is 6.92 Å². The molecule has 0 saturated carbocycles. The molecule has 5 heteroatoms. The zero-order valence-corrected chi connectivity index (χ0v) is 11.2. The minimum Gasteiger partial charge on any atom is -0.496 e. The molecule has 1 rings (SSSR count). The Bertz CT molecular complexity index is 531. The lowest BCUT2D eigenvalue weighted by Crippen LogP contribution is -2.26. The molecule has 0 bridgehead atoms. The van der Waals surface area contributed by atoms with Crippen molar-refractivity contribution in [1.29, 1.82) is 0 Å². The van der Waals surface area contributed by atoms with Gasteiger partial charge >= 0.3 is 0 Å². The summed E-state index contributed by atoms with van der Waals surface area (Å²) in [7, 11) is -1.94. The fraction of sp³-hybridized carbons (Fsp3) is 0.417. The number of ether oxygens (including phenoxy) is 1. The van der Waals surface area contributed by atoms with Gasteiger partial charge in [-0.1, -0.05) is 11.6 Å². The first-order valence-corrected chi connectivity index (χ1v) is 7.10. The molecule has 0 N–H and O–H groups in total. The topological polar surface area (TPSA) is 60.4 Å². The van der Waals surface area contributed by atoms with Gasteiger partial charge in [0.2, 0.25) is 0 Å². The Hall–Kier alpha value is -1.36. The van der Waals surface area contributed by atoms with Gasteiger partial charge in [-0.25, -0.2) is 8.42 Å². The zero-order chi connectivity index (χ0) is 13.2. The first kappa shape index (κ1) is 13.7. The summed E-state index contributed by atoms with van der Waals surface area (Å²) >= 11 is 0. The lowest BCUT2D eigenvalue weighted by atomic mass is 10.0. The van der Waals surface area contributed by atoms with Gasteiger partial charge in [0.1, 0.15) is 11.0 Å². The molecule has 1 aromatic rings. The summed E-state index contributed by atoms with van der Waals surface area (Å²) in [6, 6.07) is 5.11. The van der Waals surface area contributed by atoms with E-state index in [1.165, 1.54) is 14.0 Å². The monoisotopic (exact) mass is 256 g/mol. The van der Waals surface area contributed by atoms with Gasteiger partial charge in [-0.15, -0.1) is 0 Å². The summed E-state index contributed by atoms with van der Waals surface area (Å²) in [5.41, 5.74) is 1.19. The van der Waals surface area contributed by atoms with Crippen LogP contribution in [0.2, 0.25) is 0 Å². The fourth-order valence-electron chi connectivity index (χ4n) is 1.43. The van der Waals surface area contributed by atoms with Crippen molar-refractivity contribution in [3.63, 3.8) is 0 Å². The van der Waals surface area contributed by atoms with E-state index in [4.69, 9.17) is 4.74 Å². The maximum Gasteiger partial charge on any atom is 0.184 e. The van der Waals surface area contributed by atoms with Crippen LogP contribution < -0.4 is 4.74 Å². The highest BCUT2D eigenvalue weighted by molar-refractivity contribution is 7.92. The molecule has 17 heavy (non-hydrogen) atoms. The van der Waals surface area contributed by atoms with Crippen LogP contribution in [0.5, 0.6) is 5.75 Å². The normalized spacial score (nSPS) is 13.2. The number of ketones is 1. The fourth-order valence-corrected chi connectivity index (χ4v) is 1.94. The molecule has 0 saturated heterocycles. The van der Waals surface area contributed by atoms with Crippen molar-refractivity contribution >= 4 is 15.6 Å². The van der Waals surface area contributed by atoms with E-state index >= 15 is 0 Å². The van der Waals surface area contributed by atoms with Crippen LogP contribution in [0.3, 0.4) is 0 Å². The quantitative estimate of drug-likeness (QED) is 0.768. The van der Waals surface area contributed by atoms with Crippen LogP contribution in [0.1, 0.15) is 22.8 Å². The Morgan fingerprint density at radius 1 is 1.35 bits per heavy atom. The molecule has 0 heterocycles. The number of Topliss-reactive ketones (excluding diaryl/α,β-unsaturated/α-hetero) is 1. The van der Waals surface area contributed by atoms with Gasteiger partial charge in [0.25, 0.3) is 0 Å². The number of carbonyl (C=O) groups excluding carboxylic acids is 1. The summed E-state index contributed by atoms with van der Waals surface area (Å²) in [5.74, 6) is -0.0378. The maximum atomic E-state index is 12.1. The van der Waals surface area contributed by atoms with Gasteiger partial charge in [0, 0.05) is 6.26 Å². The van der Waals surface area contributed by atoms with Crippen LogP contribution in [0.25, 0.3) is 0 Å². The number of methoxy groups -OCH3 is 1. The van der Waals surface area contributed by atoms with Gasteiger partial charge < -0.3 is 4.74 Å². The van der Waals surface area contributed by atoms with Crippen molar-refractivity contribution in [3.05, 3.63) is 29.3 Å². The molecule has 0 radical (unpaired) electrons. The molecule has 1 unspecified atom stereocenters. The van der Waals surface area contributed by atoms with Crippen LogP contribution in [0, 0.1) is 6.92 Å². The van der Waals surface area contributed by atoms with E-state index in [2.05, 4.69) is 0 Å². The Labute approximate surface area is 102 Å². The Balaban J connectivity index is 3.25. The number of benzene rings is 1. The summed E-state index contributed by atoms with van der Waals surface area (Å²) < 4.78 is 27.8. The van der Waals surface area contributed by atoms with Crippen LogP contribution in [-0.4, -0.2) is 32.8 Å². The Kier molecular flexibility index (Phi) is 3.93. The third-order valence-corrected chi connectivity index (χ3v) is 4.13. The summed E-state index contributed by atoms with van der Waals surface area (Å²) in [6.07, 6.45) is 1.05. The molecule has 1 aromatic carbocycles. The second-order valence-electron chi connectivity index (χ2n) is 4.04. The molecule has 0 amide bonds. The molecule has 0 aliphatic rings. The largest absolute Gasteiger partial charge is 0.496 e. The summed E-state index contributed by atoms with van der Waals surface area (Å²) in [5, 5.41) is -1.06. The molecule has 0 aliphatic heterocycles. The number of carbonyl (C=O) groups is 1. The minimum atomic E-state index is -3.39. The maximum absolute atomic E-state index is 12.1. The number of rotatable bonds is 4. The highest BCUT2D eigenvalue weighted by atomic mass is 32.2. The molecule has 94 valence electrons. The average molecular weight is 256 g/mol. The first-order valence-electron chi connectivity index (χ1n) is 5.15. The lowest BCUT2D eigenvalue weighted by Gasteiger charge is -2.12. The van der Waals surface area contributed by atoms with Crippen molar-refractivity contribution < 1.29 is 17.9 Å². The van der Waals surface area contributed by atoms with Crippen LogP contribution in [0.4, 0.5) is 0 Å². The second kappa shape index (κ2) is 4.87. The van der Waals surface area contributed by atoms with E-state index in [1.54, 1.807) is 18.2 Å². The molecule has 4 nitrogen and oxygen atoms in total. The molecule has 0 fully saturated rings. The highest BCUT2D eigenvalue weighted by Gasteiger charge is 2.26. The molecular formula is C12H16O4S. The predicted octanol–water partition coefficient (Wildman–Crippen LogP) is 1.62. The van der Waals surface area contributed by atoms with Crippen molar-refractivity contribution in [2.75, 3.05) is 13.4 Å². The van der Waals surface area contributed by atoms with Gasteiger partial charge in [0.05, 0.1) is 12.7 Å². The lowest BCUT2D eigenvalue weighted by molar-refractivity contribution is 0.0988. The average Bonchev–Trinajstić information content (AvgIpc) is 2.25. The Morgan fingerprint density at radius 3 is 2.41 bits per heavy atom. The summed E-state index contributed by atoms with van der Waals surface area (Å²) in [4.78, 5) is 12.1.